The Balaban J connectivity index is 1.66. The standard InChI is InChI=1S/C27H34N2O4/c1-17(2)14-22(30)33-18(3)26-10-7-12-29-13-11-27(25(26)29)15-19-8-5-6-9-21(19)28-23(27)20(16-26)24(31)32-4/h5-6,8-9,14,18,25,28H,7,10-13,15-16H2,1-4H3. The Morgan fingerprint density at radius 3 is 2.73 bits per heavy atom. The molecular formula is C27H34N2O4. The fourth-order valence-electron chi connectivity index (χ4n) is 7.20. The number of hydrogen-bond acceptors (Lipinski definition) is 6. The van der Waals surface area contributed by atoms with E-state index in [1.165, 1.54) is 12.7 Å². The van der Waals surface area contributed by atoms with Crippen molar-refractivity contribution >= 4 is 17.6 Å². The molecule has 4 aliphatic rings. The molecule has 2 saturated heterocycles. The molecule has 1 aliphatic carbocycles. The van der Waals surface area contributed by atoms with Gasteiger partial charge in [-0.2, -0.15) is 0 Å². The average Bonchev–Trinajstić information content (AvgIpc) is 3.16. The molecule has 1 N–H and O–H groups in total. The first kappa shape index (κ1) is 22.2. The highest BCUT2D eigenvalue weighted by molar-refractivity contribution is 5.91. The lowest BCUT2D eigenvalue weighted by Crippen LogP contribution is -2.64. The first-order valence-corrected chi connectivity index (χ1v) is 12.1. The summed E-state index contributed by atoms with van der Waals surface area (Å²) in [5, 5.41) is 3.67. The largest absolute Gasteiger partial charge is 0.466 e. The summed E-state index contributed by atoms with van der Waals surface area (Å²) in [4.78, 5) is 28.4. The predicted octanol–water partition coefficient (Wildman–Crippen LogP) is 4.22. The van der Waals surface area contributed by atoms with Gasteiger partial charge in [0.05, 0.1) is 12.7 Å². The molecule has 1 spiro atoms. The molecule has 6 heteroatoms. The van der Waals surface area contributed by atoms with Gasteiger partial charge in [0.2, 0.25) is 0 Å². The van der Waals surface area contributed by atoms with Gasteiger partial charge in [-0.15, -0.1) is 0 Å². The van der Waals surface area contributed by atoms with Gasteiger partial charge in [0.15, 0.2) is 0 Å². The van der Waals surface area contributed by atoms with E-state index in [4.69, 9.17) is 9.47 Å². The number of allylic oxidation sites excluding steroid dienone is 1. The van der Waals surface area contributed by atoms with E-state index in [-0.39, 0.29) is 34.9 Å². The predicted molar refractivity (Wildman–Crippen MR) is 126 cm³/mol. The smallest absolute Gasteiger partial charge is 0.335 e. The molecule has 3 heterocycles. The molecule has 5 rings (SSSR count). The Bertz CT molecular complexity index is 1060. The number of benzene rings is 1. The number of carbonyl (C=O) groups is 2. The van der Waals surface area contributed by atoms with E-state index in [2.05, 4.69) is 28.4 Å². The van der Waals surface area contributed by atoms with Crippen LogP contribution in [0.3, 0.4) is 0 Å². The summed E-state index contributed by atoms with van der Waals surface area (Å²) in [5.74, 6) is -0.580. The molecule has 176 valence electrons. The van der Waals surface area contributed by atoms with Crippen molar-refractivity contribution in [3.05, 3.63) is 52.7 Å². The molecular weight excluding hydrogens is 416 g/mol. The highest BCUT2D eigenvalue weighted by atomic mass is 16.5. The molecule has 3 aliphatic heterocycles. The molecule has 0 amide bonds. The van der Waals surface area contributed by atoms with Gasteiger partial charge < -0.3 is 14.8 Å². The van der Waals surface area contributed by atoms with Crippen molar-refractivity contribution in [2.75, 3.05) is 25.5 Å². The van der Waals surface area contributed by atoms with Crippen LogP contribution >= 0.6 is 0 Å². The second kappa shape index (κ2) is 8.01. The van der Waals surface area contributed by atoms with Crippen molar-refractivity contribution < 1.29 is 19.1 Å². The van der Waals surface area contributed by atoms with E-state index in [1.54, 1.807) is 6.08 Å². The number of carbonyl (C=O) groups excluding carboxylic acids is 2. The van der Waals surface area contributed by atoms with Crippen molar-refractivity contribution in [3.63, 3.8) is 0 Å². The lowest BCUT2D eigenvalue weighted by Gasteiger charge is -2.60. The minimum atomic E-state index is -0.332. The summed E-state index contributed by atoms with van der Waals surface area (Å²) < 4.78 is 11.4. The van der Waals surface area contributed by atoms with Crippen LogP contribution in [0.5, 0.6) is 0 Å². The molecule has 0 bridgehead atoms. The van der Waals surface area contributed by atoms with Gasteiger partial charge in [0.1, 0.15) is 6.10 Å². The molecule has 0 saturated carbocycles. The third-order valence-electron chi connectivity index (χ3n) is 8.40. The first-order valence-electron chi connectivity index (χ1n) is 12.1. The fraction of sp³-hybridized carbons (Fsp3) is 0.556. The highest BCUT2D eigenvalue weighted by Crippen LogP contribution is 2.64. The van der Waals surface area contributed by atoms with E-state index >= 15 is 0 Å². The summed E-state index contributed by atoms with van der Waals surface area (Å²) in [6.07, 6.45) is 5.61. The summed E-state index contributed by atoms with van der Waals surface area (Å²) in [6.45, 7) is 7.85. The van der Waals surface area contributed by atoms with Crippen molar-refractivity contribution in [1.82, 2.24) is 4.90 Å². The van der Waals surface area contributed by atoms with Gasteiger partial charge in [-0.3, -0.25) is 4.90 Å². The van der Waals surface area contributed by atoms with Crippen LogP contribution in [0.2, 0.25) is 0 Å². The van der Waals surface area contributed by atoms with Crippen LogP contribution in [0.15, 0.2) is 47.2 Å². The first-order chi connectivity index (χ1) is 15.8. The van der Waals surface area contributed by atoms with Crippen LogP contribution in [0.25, 0.3) is 0 Å². The summed E-state index contributed by atoms with van der Waals surface area (Å²) in [5.41, 5.74) is 4.47. The number of esters is 2. The molecule has 0 radical (unpaired) electrons. The van der Waals surface area contributed by atoms with Crippen LogP contribution in [0.4, 0.5) is 5.69 Å². The molecule has 4 unspecified atom stereocenters. The molecule has 6 nitrogen and oxygen atoms in total. The van der Waals surface area contributed by atoms with Gasteiger partial charge >= 0.3 is 11.9 Å². The summed E-state index contributed by atoms with van der Waals surface area (Å²) >= 11 is 0. The minimum Gasteiger partial charge on any atom is -0.466 e. The Labute approximate surface area is 196 Å². The zero-order chi connectivity index (χ0) is 23.4. The van der Waals surface area contributed by atoms with Crippen LogP contribution in [-0.4, -0.2) is 49.2 Å². The minimum absolute atomic E-state index is 0.206. The van der Waals surface area contributed by atoms with Crippen molar-refractivity contribution in [1.29, 1.82) is 0 Å². The van der Waals surface area contributed by atoms with Crippen molar-refractivity contribution in [2.24, 2.45) is 10.8 Å². The number of piperidine rings is 1. The number of anilines is 1. The number of hydrogen-bond donors (Lipinski definition) is 1. The number of para-hydroxylation sites is 1. The van der Waals surface area contributed by atoms with Gasteiger partial charge in [0.25, 0.3) is 0 Å². The van der Waals surface area contributed by atoms with Gasteiger partial charge in [0, 0.05) is 34.3 Å². The van der Waals surface area contributed by atoms with Crippen LogP contribution in [0.1, 0.15) is 52.0 Å². The van der Waals surface area contributed by atoms with Crippen molar-refractivity contribution in [2.45, 2.75) is 65.0 Å². The molecule has 2 fully saturated rings. The van der Waals surface area contributed by atoms with Crippen molar-refractivity contribution in [3.8, 4) is 0 Å². The van der Waals surface area contributed by atoms with Crippen LogP contribution in [-0.2, 0) is 25.5 Å². The lowest BCUT2D eigenvalue weighted by atomic mass is 9.51. The quantitative estimate of drug-likeness (QED) is 0.547. The number of nitrogens with zero attached hydrogens (tertiary/aromatic N) is 1. The maximum atomic E-state index is 13.2. The number of nitrogens with one attached hydrogen (secondary N) is 1. The van der Waals surface area contributed by atoms with Gasteiger partial charge in [-0.25, -0.2) is 9.59 Å². The number of methoxy groups -OCH3 is 1. The van der Waals surface area contributed by atoms with E-state index in [0.717, 1.165) is 61.3 Å². The summed E-state index contributed by atoms with van der Waals surface area (Å²) in [7, 11) is 1.46. The number of rotatable bonds is 4. The lowest BCUT2D eigenvalue weighted by molar-refractivity contribution is -0.161. The summed E-state index contributed by atoms with van der Waals surface area (Å²) in [6, 6.07) is 8.59. The normalized spacial score (nSPS) is 30.8. The van der Waals surface area contributed by atoms with E-state index < -0.39 is 0 Å². The third-order valence-corrected chi connectivity index (χ3v) is 8.40. The molecule has 0 aromatic heterocycles. The fourth-order valence-corrected chi connectivity index (χ4v) is 7.20. The maximum absolute atomic E-state index is 13.2. The topological polar surface area (TPSA) is 67.9 Å². The van der Waals surface area contributed by atoms with Crippen LogP contribution in [0, 0.1) is 10.8 Å². The third kappa shape index (κ3) is 3.33. The Morgan fingerprint density at radius 1 is 1.18 bits per heavy atom. The average molecular weight is 451 g/mol. The van der Waals surface area contributed by atoms with Crippen LogP contribution < -0.4 is 5.32 Å². The van der Waals surface area contributed by atoms with E-state index in [9.17, 15) is 9.59 Å². The zero-order valence-electron chi connectivity index (χ0n) is 20.1. The second-order valence-corrected chi connectivity index (χ2v) is 10.5. The van der Waals surface area contributed by atoms with Gasteiger partial charge in [-0.1, -0.05) is 23.8 Å². The molecule has 1 aromatic rings. The number of fused-ring (bicyclic) bond motifs is 1. The maximum Gasteiger partial charge on any atom is 0.335 e. The highest BCUT2D eigenvalue weighted by Gasteiger charge is 2.66. The Morgan fingerprint density at radius 2 is 1.97 bits per heavy atom. The van der Waals surface area contributed by atoms with E-state index in [1.807, 2.05) is 26.8 Å². The Hall–Kier alpha value is -2.60. The monoisotopic (exact) mass is 450 g/mol. The molecule has 33 heavy (non-hydrogen) atoms. The Kier molecular flexibility index (Phi) is 5.39. The molecule has 1 aromatic carbocycles. The molecule has 4 atom stereocenters. The zero-order valence-corrected chi connectivity index (χ0v) is 20.1. The number of ether oxygens (including phenoxy) is 2. The van der Waals surface area contributed by atoms with Gasteiger partial charge in [-0.05, 0) is 77.6 Å². The second-order valence-electron chi connectivity index (χ2n) is 10.5. The van der Waals surface area contributed by atoms with E-state index in [0.29, 0.717) is 6.42 Å². The SMILES string of the molecule is COC(=O)C1=C2Nc3ccccc3CC23CCN2CCCC(C(C)OC(=O)C=C(C)C)(C1)C23.